The van der Waals surface area contributed by atoms with Crippen LogP contribution in [0.25, 0.3) is 0 Å². The molecule has 0 radical (unpaired) electrons. The van der Waals surface area contributed by atoms with E-state index >= 15 is 0 Å². The Morgan fingerprint density at radius 2 is 2.11 bits per heavy atom. The first-order valence-corrected chi connectivity index (χ1v) is 6.30. The summed E-state index contributed by atoms with van der Waals surface area (Å²) in [6.07, 6.45) is 2.20. The fraction of sp³-hybridized carbons (Fsp3) is 0.286. The lowest BCUT2D eigenvalue weighted by Crippen LogP contribution is -2.04. The van der Waals surface area contributed by atoms with Crippen LogP contribution < -0.4 is 11.1 Å². The minimum Gasteiger partial charge on any atom is -0.384 e. The highest BCUT2D eigenvalue weighted by atomic mass is 19.1. The molecule has 0 unspecified atom stereocenters. The summed E-state index contributed by atoms with van der Waals surface area (Å²) < 4.78 is 13.8. The van der Waals surface area contributed by atoms with Crippen molar-refractivity contribution in [3.8, 4) is 0 Å². The van der Waals surface area contributed by atoms with Crippen molar-refractivity contribution in [1.82, 2.24) is 9.97 Å². The van der Waals surface area contributed by atoms with Crippen LogP contribution in [0.2, 0.25) is 0 Å². The summed E-state index contributed by atoms with van der Waals surface area (Å²) in [7, 11) is 0. The van der Waals surface area contributed by atoms with Gasteiger partial charge in [-0.05, 0) is 31.4 Å². The summed E-state index contributed by atoms with van der Waals surface area (Å²) >= 11 is 0. The predicted octanol–water partition coefficient (Wildman–Crippen LogP) is 3.13. The Morgan fingerprint density at radius 1 is 1.32 bits per heavy atom. The molecule has 5 heteroatoms. The van der Waals surface area contributed by atoms with Gasteiger partial charge < -0.3 is 11.1 Å². The maximum absolute atomic E-state index is 13.8. The van der Waals surface area contributed by atoms with Gasteiger partial charge in [-0.15, -0.1) is 0 Å². The van der Waals surface area contributed by atoms with Crippen LogP contribution in [0.15, 0.2) is 24.3 Å². The molecule has 98 valence electrons. The number of nitrogens with two attached hydrogens (primary N) is 1. The minimum atomic E-state index is -0.301. The smallest absolute Gasteiger partial charge is 0.146 e. The molecule has 19 heavy (non-hydrogen) atoms. The number of aromatic nitrogens is 2. The molecule has 1 fully saturated rings. The van der Waals surface area contributed by atoms with E-state index in [-0.39, 0.29) is 5.82 Å². The zero-order chi connectivity index (χ0) is 13.4. The van der Waals surface area contributed by atoms with E-state index in [0.717, 1.165) is 24.2 Å². The Morgan fingerprint density at radius 3 is 2.79 bits per heavy atom. The average molecular weight is 258 g/mol. The first-order chi connectivity index (χ1) is 9.13. The molecule has 1 heterocycles. The third-order valence-electron chi connectivity index (χ3n) is 3.18. The molecule has 1 saturated carbocycles. The van der Waals surface area contributed by atoms with Gasteiger partial charge in [-0.25, -0.2) is 14.4 Å². The van der Waals surface area contributed by atoms with Crippen LogP contribution in [0.5, 0.6) is 0 Å². The standard InChI is InChI=1S/C14H15FN4/c1-8-3-2-4-10(15)13(8)18-12-7-11(16)17-14(19-12)9-5-6-9/h2-4,7,9H,5-6H2,1H3,(H3,16,17,18,19). The van der Waals surface area contributed by atoms with Crippen molar-refractivity contribution < 1.29 is 4.39 Å². The number of rotatable bonds is 3. The molecule has 0 aliphatic heterocycles. The van der Waals surface area contributed by atoms with Crippen LogP contribution in [0.3, 0.4) is 0 Å². The SMILES string of the molecule is Cc1cccc(F)c1Nc1cc(N)nc(C2CC2)n1. The van der Waals surface area contributed by atoms with E-state index in [1.54, 1.807) is 12.1 Å². The summed E-state index contributed by atoms with van der Waals surface area (Å²) in [6, 6.07) is 6.57. The second-order valence-corrected chi connectivity index (χ2v) is 4.87. The van der Waals surface area contributed by atoms with Crippen molar-refractivity contribution in [1.29, 1.82) is 0 Å². The number of aryl methyl sites for hydroxylation is 1. The lowest BCUT2D eigenvalue weighted by atomic mass is 10.2. The van der Waals surface area contributed by atoms with Crippen LogP contribution in [-0.4, -0.2) is 9.97 Å². The quantitative estimate of drug-likeness (QED) is 0.887. The molecule has 1 aliphatic rings. The molecular weight excluding hydrogens is 243 g/mol. The number of para-hydroxylation sites is 1. The Bertz CT molecular complexity index is 603. The normalized spacial score (nSPS) is 14.4. The summed E-state index contributed by atoms with van der Waals surface area (Å²) in [5.74, 6) is 1.81. The second-order valence-electron chi connectivity index (χ2n) is 4.87. The van der Waals surface area contributed by atoms with Crippen molar-refractivity contribution in [2.24, 2.45) is 0 Å². The van der Waals surface area contributed by atoms with Crippen molar-refractivity contribution in [3.63, 3.8) is 0 Å². The number of nitrogen functional groups attached to an aromatic ring is 1. The van der Waals surface area contributed by atoms with Crippen LogP contribution in [0.4, 0.5) is 21.7 Å². The number of halogens is 1. The molecule has 0 bridgehead atoms. The van der Waals surface area contributed by atoms with Gasteiger partial charge >= 0.3 is 0 Å². The van der Waals surface area contributed by atoms with Crippen LogP contribution in [-0.2, 0) is 0 Å². The minimum absolute atomic E-state index is 0.301. The van der Waals surface area contributed by atoms with Gasteiger partial charge in [0.2, 0.25) is 0 Å². The third-order valence-corrected chi connectivity index (χ3v) is 3.18. The molecule has 0 atom stereocenters. The largest absolute Gasteiger partial charge is 0.384 e. The third kappa shape index (κ3) is 2.50. The van der Waals surface area contributed by atoms with Gasteiger partial charge in [-0.3, -0.25) is 0 Å². The molecular formula is C14H15FN4. The van der Waals surface area contributed by atoms with Gasteiger partial charge in [-0.2, -0.15) is 0 Å². The lowest BCUT2D eigenvalue weighted by molar-refractivity contribution is 0.630. The lowest BCUT2D eigenvalue weighted by Gasteiger charge is -2.11. The van der Waals surface area contributed by atoms with Gasteiger partial charge in [-0.1, -0.05) is 12.1 Å². The summed E-state index contributed by atoms with van der Waals surface area (Å²) in [4.78, 5) is 8.62. The number of benzene rings is 1. The van der Waals surface area contributed by atoms with E-state index in [2.05, 4.69) is 15.3 Å². The zero-order valence-corrected chi connectivity index (χ0v) is 10.7. The number of nitrogens with one attached hydrogen (secondary N) is 1. The van der Waals surface area contributed by atoms with Crippen molar-refractivity contribution in [2.75, 3.05) is 11.1 Å². The summed E-state index contributed by atoms with van der Waals surface area (Å²) in [5, 5.41) is 3.00. The molecule has 1 aromatic heterocycles. The molecule has 4 nitrogen and oxygen atoms in total. The van der Waals surface area contributed by atoms with E-state index in [1.807, 2.05) is 13.0 Å². The average Bonchev–Trinajstić information content (AvgIpc) is 3.17. The molecule has 3 rings (SSSR count). The highest BCUT2D eigenvalue weighted by molar-refractivity contribution is 5.62. The highest BCUT2D eigenvalue weighted by Gasteiger charge is 2.27. The Balaban J connectivity index is 1.94. The van der Waals surface area contributed by atoms with Gasteiger partial charge in [0.25, 0.3) is 0 Å². The van der Waals surface area contributed by atoms with Gasteiger partial charge in [0.15, 0.2) is 0 Å². The summed E-state index contributed by atoms with van der Waals surface area (Å²) in [5.41, 5.74) is 7.03. The molecule has 0 amide bonds. The van der Waals surface area contributed by atoms with E-state index < -0.39 is 0 Å². The number of hydrogen-bond acceptors (Lipinski definition) is 4. The Labute approximate surface area is 110 Å². The second kappa shape index (κ2) is 4.50. The Kier molecular flexibility index (Phi) is 2.81. The predicted molar refractivity (Wildman–Crippen MR) is 72.8 cm³/mol. The molecule has 0 spiro atoms. The maximum atomic E-state index is 13.8. The van der Waals surface area contributed by atoms with Gasteiger partial charge in [0.05, 0.1) is 5.69 Å². The fourth-order valence-electron chi connectivity index (χ4n) is 1.99. The van der Waals surface area contributed by atoms with Crippen molar-refractivity contribution in [2.45, 2.75) is 25.7 Å². The van der Waals surface area contributed by atoms with Crippen molar-refractivity contribution >= 4 is 17.3 Å². The van der Waals surface area contributed by atoms with E-state index in [4.69, 9.17) is 5.73 Å². The molecule has 0 saturated heterocycles. The molecule has 3 N–H and O–H groups in total. The zero-order valence-electron chi connectivity index (χ0n) is 10.7. The first-order valence-electron chi connectivity index (χ1n) is 6.30. The summed E-state index contributed by atoms with van der Waals surface area (Å²) in [6.45, 7) is 1.85. The van der Waals surface area contributed by atoms with Crippen molar-refractivity contribution in [3.05, 3.63) is 41.5 Å². The number of nitrogens with zero attached hydrogens (tertiary/aromatic N) is 2. The monoisotopic (exact) mass is 258 g/mol. The van der Waals surface area contributed by atoms with E-state index in [9.17, 15) is 4.39 Å². The molecule has 2 aromatic rings. The topological polar surface area (TPSA) is 63.8 Å². The first kappa shape index (κ1) is 11.9. The molecule has 1 aromatic carbocycles. The number of anilines is 3. The van der Waals surface area contributed by atoms with Crippen LogP contribution >= 0.6 is 0 Å². The number of hydrogen-bond donors (Lipinski definition) is 2. The van der Waals surface area contributed by atoms with Gasteiger partial charge in [0, 0.05) is 12.0 Å². The van der Waals surface area contributed by atoms with Crippen LogP contribution in [0, 0.1) is 12.7 Å². The fourth-order valence-corrected chi connectivity index (χ4v) is 1.99. The highest BCUT2D eigenvalue weighted by Crippen LogP contribution is 2.38. The van der Waals surface area contributed by atoms with Gasteiger partial charge in [0.1, 0.15) is 23.3 Å². The maximum Gasteiger partial charge on any atom is 0.146 e. The Hall–Kier alpha value is -2.17. The van der Waals surface area contributed by atoms with E-state index in [1.165, 1.54) is 6.07 Å². The van der Waals surface area contributed by atoms with E-state index in [0.29, 0.717) is 23.2 Å². The van der Waals surface area contributed by atoms with Crippen LogP contribution in [0.1, 0.15) is 30.1 Å². The molecule has 1 aliphatic carbocycles.